The maximum absolute atomic E-state index is 13.1. The van der Waals surface area contributed by atoms with Crippen molar-refractivity contribution in [2.24, 2.45) is 0 Å². The summed E-state index contributed by atoms with van der Waals surface area (Å²) in [7, 11) is 0. The number of nitrogens with one attached hydrogen (secondary N) is 1. The van der Waals surface area contributed by atoms with E-state index in [9.17, 15) is 9.18 Å². The molecule has 1 amide bonds. The van der Waals surface area contributed by atoms with Crippen molar-refractivity contribution in [3.8, 4) is 22.6 Å². The van der Waals surface area contributed by atoms with Gasteiger partial charge in [-0.2, -0.15) is 4.80 Å². The van der Waals surface area contributed by atoms with Gasteiger partial charge >= 0.3 is 0 Å². The first-order valence-corrected chi connectivity index (χ1v) is 9.76. The zero-order valence-corrected chi connectivity index (χ0v) is 16.5. The summed E-state index contributed by atoms with van der Waals surface area (Å²) in [6.45, 7) is 3.69. The van der Waals surface area contributed by atoms with Gasteiger partial charge in [-0.15, -0.1) is 21.5 Å². The van der Waals surface area contributed by atoms with Gasteiger partial charge in [-0.3, -0.25) is 4.79 Å². The minimum Gasteiger partial charge on any atom is -0.300 e. The number of thiazole rings is 1. The maximum Gasteiger partial charge on any atom is 0.252 e. The molecular formula is C20H17FN6OS. The molecule has 0 bridgehead atoms. The Balaban J connectivity index is 1.45. The summed E-state index contributed by atoms with van der Waals surface area (Å²) >= 11 is 1.29. The normalized spacial score (nSPS) is 12.0. The Morgan fingerprint density at radius 3 is 2.52 bits per heavy atom. The van der Waals surface area contributed by atoms with Gasteiger partial charge in [-0.25, -0.2) is 9.37 Å². The van der Waals surface area contributed by atoms with Gasteiger partial charge in [0.05, 0.1) is 5.69 Å². The van der Waals surface area contributed by atoms with Gasteiger partial charge in [0.1, 0.15) is 11.9 Å². The fourth-order valence-corrected chi connectivity index (χ4v) is 3.33. The summed E-state index contributed by atoms with van der Waals surface area (Å²) in [4.78, 5) is 18.2. The summed E-state index contributed by atoms with van der Waals surface area (Å²) in [6.07, 6.45) is 0. The van der Waals surface area contributed by atoms with E-state index < -0.39 is 6.04 Å². The van der Waals surface area contributed by atoms with Crippen molar-refractivity contribution in [2.45, 2.75) is 19.9 Å². The lowest BCUT2D eigenvalue weighted by Gasteiger charge is -2.08. The largest absolute Gasteiger partial charge is 0.300 e. The van der Waals surface area contributed by atoms with Gasteiger partial charge in [-0.1, -0.05) is 29.8 Å². The summed E-state index contributed by atoms with van der Waals surface area (Å²) in [5.41, 5.74) is 3.41. The molecule has 0 aliphatic carbocycles. The Morgan fingerprint density at radius 2 is 1.79 bits per heavy atom. The highest BCUT2D eigenvalue weighted by atomic mass is 32.1. The Bertz CT molecular complexity index is 1140. The third-order valence-corrected chi connectivity index (χ3v) is 5.10. The van der Waals surface area contributed by atoms with Crippen LogP contribution < -0.4 is 5.32 Å². The zero-order chi connectivity index (χ0) is 20.4. The average Bonchev–Trinajstić information content (AvgIpc) is 3.38. The first-order chi connectivity index (χ1) is 14.0. The molecule has 2 heterocycles. The molecule has 1 N–H and O–H groups in total. The molecule has 4 rings (SSSR count). The van der Waals surface area contributed by atoms with Gasteiger partial charge < -0.3 is 5.32 Å². The molecule has 29 heavy (non-hydrogen) atoms. The number of carbonyl (C=O) groups is 1. The second-order valence-corrected chi connectivity index (χ2v) is 7.37. The van der Waals surface area contributed by atoms with Crippen LogP contribution in [0.25, 0.3) is 22.6 Å². The topological polar surface area (TPSA) is 85.6 Å². The summed E-state index contributed by atoms with van der Waals surface area (Å²) in [5, 5.41) is 17.4. The van der Waals surface area contributed by atoms with Crippen LogP contribution in [-0.2, 0) is 4.79 Å². The smallest absolute Gasteiger partial charge is 0.252 e. The van der Waals surface area contributed by atoms with E-state index in [4.69, 9.17) is 0 Å². The second kappa shape index (κ2) is 7.88. The Morgan fingerprint density at radius 1 is 1.10 bits per heavy atom. The Hall–Kier alpha value is -3.46. The van der Waals surface area contributed by atoms with Crippen LogP contribution >= 0.6 is 11.3 Å². The molecule has 7 nitrogen and oxygen atoms in total. The van der Waals surface area contributed by atoms with Crippen LogP contribution in [-0.4, -0.2) is 31.1 Å². The van der Waals surface area contributed by atoms with E-state index in [0.717, 1.165) is 16.7 Å². The summed E-state index contributed by atoms with van der Waals surface area (Å²) in [5.74, 6) is -0.160. The van der Waals surface area contributed by atoms with Crippen LogP contribution in [0.15, 0.2) is 53.9 Å². The molecule has 146 valence electrons. The molecular weight excluding hydrogens is 391 g/mol. The van der Waals surface area contributed by atoms with E-state index in [-0.39, 0.29) is 11.7 Å². The van der Waals surface area contributed by atoms with Gasteiger partial charge in [0.15, 0.2) is 5.13 Å². The number of hydrogen-bond donors (Lipinski definition) is 1. The van der Waals surface area contributed by atoms with Gasteiger partial charge in [0, 0.05) is 16.5 Å². The molecule has 1 unspecified atom stereocenters. The average molecular weight is 408 g/mol. The van der Waals surface area contributed by atoms with Crippen molar-refractivity contribution in [1.29, 1.82) is 0 Å². The first kappa shape index (κ1) is 18.9. The molecule has 0 aliphatic rings. The summed E-state index contributed by atoms with van der Waals surface area (Å²) < 4.78 is 13.1. The number of hydrogen-bond acceptors (Lipinski definition) is 6. The fraction of sp³-hybridized carbons (Fsp3) is 0.150. The molecule has 2 aromatic heterocycles. The monoisotopic (exact) mass is 408 g/mol. The van der Waals surface area contributed by atoms with Crippen LogP contribution in [0, 0.1) is 12.7 Å². The molecule has 2 aromatic carbocycles. The van der Waals surface area contributed by atoms with Crippen molar-refractivity contribution in [1.82, 2.24) is 25.2 Å². The molecule has 0 radical (unpaired) electrons. The van der Waals surface area contributed by atoms with Crippen molar-refractivity contribution in [2.75, 3.05) is 5.32 Å². The van der Waals surface area contributed by atoms with E-state index in [0.29, 0.717) is 16.6 Å². The number of aryl methyl sites for hydroxylation is 1. The van der Waals surface area contributed by atoms with Crippen molar-refractivity contribution < 1.29 is 9.18 Å². The van der Waals surface area contributed by atoms with E-state index >= 15 is 0 Å². The van der Waals surface area contributed by atoms with Crippen LogP contribution in [0.1, 0.15) is 18.5 Å². The molecule has 9 heteroatoms. The molecule has 1 atom stereocenters. The number of nitrogens with zero attached hydrogens (tertiary/aromatic N) is 5. The lowest BCUT2D eigenvalue weighted by atomic mass is 10.1. The minimum atomic E-state index is -0.667. The van der Waals surface area contributed by atoms with Crippen LogP contribution in [0.2, 0.25) is 0 Å². The number of halogens is 1. The minimum absolute atomic E-state index is 0.308. The summed E-state index contributed by atoms with van der Waals surface area (Å²) in [6, 6.07) is 13.1. The highest BCUT2D eigenvalue weighted by molar-refractivity contribution is 7.14. The number of rotatable bonds is 5. The number of aromatic nitrogens is 5. The highest BCUT2D eigenvalue weighted by Crippen LogP contribution is 2.25. The molecule has 0 aliphatic heterocycles. The first-order valence-electron chi connectivity index (χ1n) is 8.88. The predicted octanol–water partition coefficient (Wildman–Crippen LogP) is 4.11. The van der Waals surface area contributed by atoms with E-state index in [1.807, 2.05) is 31.2 Å². The van der Waals surface area contributed by atoms with Crippen molar-refractivity contribution in [3.63, 3.8) is 0 Å². The van der Waals surface area contributed by atoms with E-state index in [2.05, 4.69) is 25.7 Å². The number of benzene rings is 2. The van der Waals surface area contributed by atoms with E-state index in [1.165, 1.54) is 28.3 Å². The van der Waals surface area contributed by atoms with Gasteiger partial charge in [0.2, 0.25) is 5.82 Å². The predicted molar refractivity (Wildman–Crippen MR) is 109 cm³/mol. The third kappa shape index (κ3) is 4.19. The SMILES string of the molecule is Cc1ccc(-c2nnn(C(C)C(=O)Nc3nc(-c4ccc(F)cc4)cs3)n2)cc1. The van der Waals surface area contributed by atoms with Crippen LogP contribution in [0.5, 0.6) is 0 Å². The van der Waals surface area contributed by atoms with E-state index in [1.54, 1.807) is 24.4 Å². The number of amides is 1. The highest BCUT2D eigenvalue weighted by Gasteiger charge is 2.20. The van der Waals surface area contributed by atoms with Crippen molar-refractivity contribution in [3.05, 3.63) is 65.3 Å². The fourth-order valence-electron chi connectivity index (χ4n) is 2.61. The van der Waals surface area contributed by atoms with Crippen LogP contribution in [0.4, 0.5) is 9.52 Å². The number of tetrazole rings is 1. The van der Waals surface area contributed by atoms with Gasteiger partial charge in [-0.05, 0) is 43.3 Å². The Kier molecular flexibility index (Phi) is 5.13. The van der Waals surface area contributed by atoms with Gasteiger partial charge in [0.25, 0.3) is 5.91 Å². The molecule has 0 saturated heterocycles. The molecule has 0 spiro atoms. The molecule has 0 saturated carbocycles. The molecule has 0 fully saturated rings. The molecule has 4 aromatic rings. The van der Waals surface area contributed by atoms with Crippen molar-refractivity contribution >= 4 is 22.4 Å². The Labute approximate surface area is 170 Å². The standard InChI is InChI=1S/C20H17FN6OS/c1-12-3-5-15(6-4-12)18-24-26-27(25-18)13(2)19(28)23-20-22-17(11-29-20)14-7-9-16(21)10-8-14/h3-11,13H,1-2H3,(H,22,23,28). The number of carbonyl (C=O) groups excluding carboxylic acids is 1. The number of anilines is 1. The lowest BCUT2D eigenvalue weighted by Crippen LogP contribution is -2.25. The third-order valence-electron chi connectivity index (χ3n) is 4.34. The lowest BCUT2D eigenvalue weighted by molar-refractivity contribution is -0.119. The maximum atomic E-state index is 13.1. The van der Waals surface area contributed by atoms with Crippen LogP contribution in [0.3, 0.4) is 0 Å². The second-order valence-electron chi connectivity index (χ2n) is 6.51. The zero-order valence-electron chi connectivity index (χ0n) is 15.7. The quantitative estimate of drug-likeness (QED) is 0.537.